The molecule has 1 saturated heterocycles. The fourth-order valence-electron chi connectivity index (χ4n) is 3.10. The summed E-state index contributed by atoms with van der Waals surface area (Å²) in [6, 6.07) is 6.70. The minimum Gasteiger partial charge on any atom is -0.374 e. The van der Waals surface area contributed by atoms with Crippen molar-refractivity contribution in [2.24, 2.45) is 0 Å². The molecular weight excluding hydrogens is 226 g/mol. The molecule has 18 heavy (non-hydrogen) atoms. The smallest absolute Gasteiger partial charge is 0.131 e. The number of nitrogens with one attached hydrogen (secondary N) is 1. The maximum absolute atomic E-state index is 5.91. The van der Waals surface area contributed by atoms with E-state index in [1.165, 1.54) is 25.7 Å². The first kappa shape index (κ1) is 11.8. The van der Waals surface area contributed by atoms with E-state index in [4.69, 9.17) is 4.74 Å². The second-order valence-corrected chi connectivity index (χ2v) is 5.09. The van der Waals surface area contributed by atoms with Gasteiger partial charge in [-0.15, -0.1) is 0 Å². The lowest BCUT2D eigenvalue weighted by molar-refractivity contribution is -0.00897. The molecule has 0 aromatic carbocycles. The fraction of sp³-hybridized carbons (Fsp3) is 0.643. The molecule has 4 heteroatoms. The molecule has 0 radical (unpaired) electrons. The Morgan fingerprint density at radius 2 is 2.22 bits per heavy atom. The van der Waals surface area contributed by atoms with Crippen molar-refractivity contribution in [1.82, 2.24) is 4.98 Å². The average Bonchev–Trinajstić information content (AvgIpc) is 2.47. The van der Waals surface area contributed by atoms with Crippen LogP contribution in [0.2, 0.25) is 0 Å². The summed E-state index contributed by atoms with van der Waals surface area (Å²) in [5, 5.41) is 3.11. The Bertz CT molecular complexity index is 408. The highest BCUT2D eigenvalue weighted by atomic mass is 16.5. The van der Waals surface area contributed by atoms with Crippen LogP contribution >= 0.6 is 0 Å². The van der Waals surface area contributed by atoms with Crippen molar-refractivity contribution in [3.63, 3.8) is 0 Å². The van der Waals surface area contributed by atoms with Gasteiger partial charge >= 0.3 is 0 Å². The fourth-order valence-corrected chi connectivity index (χ4v) is 3.10. The topological polar surface area (TPSA) is 37.4 Å². The van der Waals surface area contributed by atoms with E-state index in [1.807, 2.05) is 13.1 Å². The number of aromatic nitrogens is 1. The third kappa shape index (κ3) is 2.17. The summed E-state index contributed by atoms with van der Waals surface area (Å²) < 4.78 is 5.91. The Hall–Kier alpha value is -1.29. The maximum atomic E-state index is 5.91. The van der Waals surface area contributed by atoms with Gasteiger partial charge in [0.25, 0.3) is 0 Å². The number of morpholine rings is 1. The van der Waals surface area contributed by atoms with Gasteiger partial charge < -0.3 is 15.0 Å². The van der Waals surface area contributed by atoms with E-state index in [0.717, 1.165) is 24.8 Å². The van der Waals surface area contributed by atoms with Gasteiger partial charge in [-0.3, -0.25) is 0 Å². The molecular formula is C14H21N3O. The normalized spacial score (nSPS) is 27.7. The first-order valence-corrected chi connectivity index (χ1v) is 6.91. The van der Waals surface area contributed by atoms with Crippen molar-refractivity contribution < 1.29 is 4.74 Å². The van der Waals surface area contributed by atoms with Crippen LogP contribution in [0.15, 0.2) is 18.2 Å². The lowest BCUT2D eigenvalue weighted by Crippen LogP contribution is -2.53. The minimum absolute atomic E-state index is 0.410. The Labute approximate surface area is 108 Å². The number of nitrogens with zero attached hydrogens (tertiary/aromatic N) is 2. The first-order chi connectivity index (χ1) is 8.88. The third-order valence-corrected chi connectivity index (χ3v) is 4.02. The molecule has 98 valence electrons. The maximum Gasteiger partial charge on any atom is 0.131 e. The van der Waals surface area contributed by atoms with E-state index in [0.29, 0.717) is 12.1 Å². The molecule has 1 saturated carbocycles. The number of anilines is 2. The lowest BCUT2D eigenvalue weighted by atomic mass is 9.90. The summed E-state index contributed by atoms with van der Waals surface area (Å²) in [7, 11) is 1.91. The summed E-state index contributed by atoms with van der Waals surface area (Å²) in [5.41, 5.74) is 0. The van der Waals surface area contributed by atoms with Crippen LogP contribution in [0.4, 0.5) is 11.6 Å². The number of rotatable bonds is 2. The third-order valence-electron chi connectivity index (χ3n) is 4.02. The highest BCUT2D eigenvalue weighted by molar-refractivity contribution is 5.48. The van der Waals surface area contributed by atoms with E-state index in [1.54, 1.807) is 0 Å². The zero-order valence-corrected chi connectivity index (χ0v) is 10.9. The van der Waals surface area contributed by atoms with Gasteiger partial charge in [0.15, 0.2) is 0 Å². The SMILES string of the molecule is CNc1cccc(N2CCOC3CCCCC32)n1. The molecule has 1 aliphatic heterocycles. The van der Waals surface area contributed by atoms with Gasteiger partial charge in [0.2, 0.25) is 0 Å². The minimum atomic E-state index is 0.410. The van der Waals surface area contributed by atoms with Crippen molar-refractivity contribution in [3.05, 3.63) is 18.2 Å². The van der Waals surface area contributed by atoms with Crippen LogP contribution in [-0.2, 0) is 4.74 Å². The van der Waals surface area contributed by atoms with Crippen molar-refractivity contribution in [1.29, 1.82) is 0 Å². The van der Waals surface area contributed by atoms with Crippen LogP contribution in [0.3, 0.4) is 0 Å². The molecule has 1 aromatic rings. The summed E-state index contributed by atoms with van der Waals surface area (Å²) in [4.78, 5) is 7.10. The van der Waals surface area contributed by atoms with Crippen LogP contribution < -0.4 is 10.2 Å². The lowest BCUT2D eigenvalue weighted by Gasteiger charge is -2.44. The van der Waals surface area contributed by atoms with Crippen LogP contribution in [0.5, 0.6) is 0 Å². The van der Waals surface area contributed by atoms with Gasteiger partial charge in [-0.2, -0.15) is 0 Å². The molecule has 0 bridgehead atoms. The van der Waals surface area contributed by atoms with Crippen molar-refractivity contribution in [2.45, 2.75) is 37.8 Å². The molecule has 0 amide bonds. The number of ether oxygens (including phenoxy) is 1. The second-order valence-electron chi connectivity index (χ2n) is 5.09. The summed E-state index contributed by atoms with van der Waals surface area (Å²) in [6.07, 6.45) is 5.46. The average molecular weight is 247 g/mol. The van der Waals surface area contributed by atoms with Gasteiger partial charge in [0, 0.05) is 13.6 Å². The van der Waals surface area contributed by atoms with Gasteiger partial charge in [0.05, 0.1) is 18.8 Å². The van der Waals surface area contributed by atoms with Crippen LogP contribution in [0, 0.1) is 0 Å². The summed E-state index contributed by atoms with van der Waals surface area (Å²) >= 11 is 0. The Morgan fingerprint density at radius 3 is 3.11 bits per heavy atom. The van der Waals surface area contributed by atoms with Crippen LogP contribution in [-0.4, -0.2) is 37.3 Å². The quantitative estimate of drug-likeness (QED) is 0.870. The Kier molecular flexibility index (Phi) is 3.37. The highest BCUT2D eigenvalue weighted by Gasteiger charge is 2.34. The van der Waals surface area contributed by atoms with E-state index in [2.05, 4.69) is 27.3 Å². The monoisotopic (exact) mass is 247 g/mol. The molecule has 2 atom stereocenters. The molecule has 0 spiro atoms. The van der Waals surface area contributed by atoms with Crippen molar-refractivity contribution in [3.8, 4) is 0 Å². The number of hydrogen-bond donors (Lipinski definition) is 1. The van der Waals surface area contributed by atoms with Crippen LogP contribution in [0.1, 0.15) is 25.7 Å². The Balaban J connectivity index is 1.84. The number of pyridine rings is 1. The first-order valence-electron chi connectivity index (χ1n) is 6.91. The van der Waals surface area contributed by atoms with Gasteiger partial charge in [-0.25, -0.2) is 4.98 Å². The van der Waals surface area contributed by atoms with Crippen LogP contribution in [0.25, 0.3) is 0 Å². The van der Waals surface area contributed by atoms with Crippen molar-refractivity contribution in [2.75, 3.05) is 30.4 Å². The molecule has 4 nitrogen and oxygen atoms in total. The number of fused-ring (bicyclic) bond motifs is 1. The zero-order chi connectivity index (χ0) is 12.4. The Morgan fingerprint density at radius 1 is 1.33 bits per heavy atom. The zero-order valence-electron chi connectivity index (χ0n) is 10.9. The number of hydrogen-bond acceptors (Lipinski definition) is 4. The van der Waals surface area contributed by atoms with E-state index in [-0.39, 0.29) is 0 Å². The summed E-state index contributed by atoms with van der Waals surface area (Å²) in [6.45, 7) is 1.79. The van der Waals surface area contributed by atoms with E-state index < -0.39 is 0 Å². The molecule has 3 rings (SSSR count). The molecule has 2 fully saturated rings. The predicted molar refractivity (Wildman–Crippen MR) is 73.1 cm³/mol. The molecule has 2 heterocycles. The van der Waals surface area contributed by atoms with Crippen molar-refractivity contribution >= 4 is 11.6 Å². The molecule has 1 aromatic heterocycles. The standard InChI is InChI=1S/C14H21N3O/c1-15-13-7-4-8-14(16-13)17-9-10-18-12-6-3-2-5-11(12)17/h4,7-8,11-12H,2-3,5-6,9-10H2,1H3,(H,15,16). The predicted octanol–water partition coefficient (Wildman–Crippen LogP) is 2.27. The second kappa shape index (κ2) is 5.14. The van der Waals surface area contributed by atoms with Gasteiger partial charge in [-0.05, 0) is 25.0 Å². The summed E-state index contributed by atoms with van der Waals surface area (Å²) in [5.74, 6) is 2.02. The van der Waals surface area contributed by atoms with Gasteiger partial charge in [0.1, 0.15) is 11.6 Å². The van der Waals surface area contributed by atoms with Gasteiger partial charge in [-0.1, -0.05) is 18.9 Å². The molecule has 1 N–H and O–H groups in total. The van der Waals surface area contributed by atoms with E-state index in [9.17, 15) is 0 Å². The molecule has 2 aliphatic rings. The van der Waals surface area contributed by atoms with E-state index >= 15 is 0 Å². The molecule has 1 aliphatic carbocycles. The highest BCUT2D eigenvalue weighted by Crippen LogP contribution is 2.31. The molecule has 2 unspecified atom stereocenters. The largest absolute Gasteiger partial charge is 0.374 e.